The van der Waals surface area contributed by atoms with Gasteiger partial charge in [0.2, 0.25) is 11.7 Å². The summed E-state index contributed by atoms with van der Waals surface area (Å²) < 4.78 is 60.9. The van der Waals surface area contributed by atoms with Crippen LogP contribution in [0.2, 0.25) is 0 Å². The molecule has 3 aromatic rings. The van der Waals surface area contributed by atoms with E-state index in [1.54, 1.807) is 11.0 Å². The third kappa shape index (κ3) is 4.24. The molecule has 1 amide bonds. The number of hydrogen-bond acceptors (Lipinski definition) is 6. The van der Waals surface area contributed by atoms with Gasteiger partial charge in [-0.15, -0.1) is 0 Å². The van der Waals surface area contributed by atoms with Crippen LogP contribution in [0, 0.1) is 5.82 Å². The Kier molecular flexibility index (Phi) is 5.10. The zero-order valence-electron chi connectivity index (χ0n) is 15.3. The first-order chi connectivity index (χ1) is 14.3. The molecule has 0 N–H and O–H groups in total. The zero-order valence-corrected chi connectivity index (χ0v) is 15.3. The van der Waals surface area contributed by atoms with Crippen LogP contribution in [0.25, 0.3) is 11.4 Å². The molecule has 0 unspecified atom stereocenters. The number of alkyl halides is 3. The predicted molar refractivity (Wildman–Crippen MR) is 93.9 cm³/mol. The van der Waals surface area contributed by atoms with Crippen molar-refractivity contribution in [3.8, 4) is 17.3 Å². The van der Waals surface area contributed by atoms with Crippen molar-refractivity contribution in [1.29, 1.82) is 0 Å². The molecular formula is C19H14F4N4O3. The van der Waals surface area contributed by atoms with E-state index < -0.39 is 17.9 Å². The molecule has 0 spiro atoms. The van der Waals surface area contributed by atoms with Crippen molar-refractivity contribution < 1.29 is 31.6 Å². The minimum atomic E-state index is -4.72. The molecule has 11 heteroatoms. The summed E-state index contributed by atoms with van der Waals surface area (Å²) in [5, 5.41) is 3.29. The molecule has 0 radical (unpaired) electrons. The Morgan fingerprint density at radius 3 is 2.73 bits per heavy atom. The number of carbonyl (C=O) groups is 1. The lowest BCUT2D eigenvalue weighted by atomic mass is 10.2. The van der Waals surface area contributed by atoms with E-state index in [-0.39, 0.29) is 34.8 Å². The van der Waals surface area contributed by atoms with Crippen LogP contribution in [0.15, 0.2) is 47.1 Å². The van der Waals surface area contributed by atoms with Crippen molar-refractivity contribution in [2.24, 2.45) is 0 Å². The summed E-state index contributed by atoms with van der Waals surface area (Å²) in [7, 11) is 0. The Hall–Kier alpha value is -3.50. The fourth-order valence-corrected chi connectivity index (χ4v) is 3.02. The van der Waals surface area contributed by atoms with Crippen molar-refractivity contribution in [3.05, 3.63) is 59.9 Å². The molecule has 1 saturated heterocycles. The van der Waals surface area contributed by atoms with E-state index in [9.17, 15) is 22.4 Å². The van der Waals surface area contributed by atoms with Crippen molar-refractivity contribution in [2.75, 3.05) is 13.1 Å². The number of nitrogens with zero attached hydrogens (tertiary/aromatic N) is 4. The van der Waals surface area contributed by atoms with Crippen LogP contribution in [0.3, 0.4) is 0 Å². The molecule has 1 aromatic carbocycles. The highest BCUT2D eigenvalue weighted by Crippen LogP contribution is 2.29. The molecule has 4 rings (SSSR count). The van der Waals surface area contributed by atoms with E-state index in [0.29, 0.717) is 19.5 Å². The first kappa shape index (κ1) is 19.8. The van der Waals surface area contributed by atoms with Gasteiger partial charge in [-0.3, -0.25) is 4.79 Å². The molecule has 2 aromatic heterocycles. The average Bonchev–Trinajstić information content (AvgIpc) is 3.38. The van der Waals surface area contributed by atoms with E-state index in [1.807, 2.05) is 0 Å². The number of amides is 1. The maximum atomic E-state index is 13.3. The van der Waals surface area contributed by atoms with Gasteiger partial charge in [0.05, 0.1) is 6.54 Å². The standard InChI is InChI=1S/C19H14F4N4O3/c20-13-3-1-2-11(8-13)17(28)27-7-6-14(10-27)29-15-5-4-12(9-24-15)16-25-18(30-26-16)19(21,22)23/h1-5,8-9,14H,6-7,10H2/t14-/m0/s1. The number of pyridine rings is 1. The molecule has 1 aliphatic rings. The van der Waals surface area contributed by atoms with Gasteiger partial charge >= 0.3 is 12.1 Å². The normalized spacial score (nSPS) is 16.7. The largest absolute Gasteiger partial charge is 0.472 e. The minimum absolute atomic E-state index is 0.232. The van der Waals surface area contributed by atoms with Crippen LogP contribution in [-0.4, -0.2) is 45.1 Å². The number of hydrogen-bond donors (Lipinski definition) is 0. The lowest BCUT2D eigenvalue weighted by Crippen LogP contribution is -2.31. The Balaban J connectivity index is 1.37. The van der Waals surface area contributed by atoms with Gasteiger partial charge in [0.25, 0.3) is 5.91 Å². The summed E-state index contributed by atoms with van der Waals surface area (Å²) in [6.45, 7) is 0.750. The molecule has 0 aliphatic carbocycles. The molecule has 30 heavy (non-hydrogen) atoms. The van der Waals surface area contributed by atoms with Crippen LogP contribution in [-0.2, 0) is 6.18 Å². The fraction of sp³-hybridized carbons (Fsp3) is 0.263. The summed E-state index contributed by atoms with van der Waals surface area (Å²) in [5.41, 5.74) is 0.493. The molecule has 0 saturated carbocycles. The smallest absolute Gasteiger partial charge is 0.471 e. The molecule has 7 nitrogen and oxygen atoms in total. The third-order valence-electron chi connectivity index (χ3n) is 4.45. The molecule has 0 bridgehead atoms. The number of rotatable bonds is 4. The van der Waals surface area contributed by atoms with Gasteiger partial charge in [-0.25, -0.2) is 9.37 Å². The van der Waals surface area contributed by atoms with E-state index in [0.717, 1.165) is 0 Å². The van der Waals surface area contributed by atoms with Crippen molar-refractivity contribution in [2.45, 2.75) is 18.7 Å². The van der Waals surface area contributed by atoms with E-state index in [2.05, 4.69) is 19.6 Å². The van der Waals surface area contributed by atoms with Crippen LogP contribution in [0.5, 0.6) is 5.88 Å². The van der Waals surface area contributed by atoms with Gasteiger partial charge in [-0.2, -0.15) is 18.2 Å². The fourth-order valence-electron chi connectivity index (χ4n) is 3.02. The Labute approximate surface area is 167 Å². The molecule has 156 valence electrons. The minimum Gasteiger partial charge on any atom is -0.472 e. The van der Waals surface area contributed by atoms with E-state index in [1.165, 1.54) is 36.5 Å². The molecule has 1 aliphatic heterocycles. The first-order valence-electron chi connectivity index (χ1n) is 8.88. The highest BCUT2D eigenvalue weighted by molar-refractivity contribution is 5.94. The number of carbonyl (C=O) groups excluding carboxylic acids is 1. The van der Waals surface area contributed by atoms with Crippen LogP contribution in [0.4, 0.5) is 17.6 Å². The summed E-state index contributed by atoms with van der Waals surface area (Å²) in [6, 6.07) is 8.38. The second-order valence-corrected chi connectivity index (χ2v) is 6.60. The van der Waals surface area contributed by atoms with Gasteiger partial charge in [0.15, 0.2) is 0 Å². The number of aromatic nitrogens is 3. The highest BCUT2D eigenvalue weighted by Gasteiger charge is 2.38. The van der Waals surface area contributed by atoms with Gasteiger partial charge in [-0.1, -0.05) is 11.2 Å². The summed E-state index contributed by atoms with van der Waals surface area (Å²) >= 11 is 0. The average molecular weight is 422 g/mol. The quantitative estimate of drug-likeness (QED) is 0.598. The van der Waals surface area contributed by atoms with Crippen LogP contribution < -0.4 is 4.74 Å². The van der Waals surface area contributed by atoms with E-state index >= 15 is 0 Å². The maximum Gasteiger partial charge on any atom is 0.471 e. The Morgan fingerprint density at radius 1 is 1.23 bits per heavy atom. The number of halogens is 4. The summed E-state index contributed by atoms with van der Waals surface area (Å²) in [6.07, 6.45) is -3.21. The molecular weight excluding hydrogens is 408 g/mol. The molecule has 3 heterocycles. The lowest BCUT2D eigenvalue weighted by molar-refractivity contribution is -0.159. The van der Waals surface area contributed by atoms with Gasteiger partial charge < -0.3 is 14.2 Å². The van der Waals surface area contributed by atoms with E-state index in [4.69, 9.17) is 4.74 Å². The van der Waals surface area contributed by atoms with Gasteiger partial charge in [0.1, 0.15) is 11.9 Å². The van der Waals surface area contributed by atoms with Crippen molar-refractivity contribution in [3.63, 3.8) is 0 Å². The second kappa shape index (κ2) is 7.73. The molecule has 1 atom stereocenters. The van der Waals surface area contributed by atoms with Crippen molar-refractivity contribution in [1.82, 2.24) is 20.0 Å². The Morgan fingerprint density at radius 2 is 2.07 bits per heavy atom. The number of likely N-dealkylation sites (tertiary alicyclic amines) is 1. The van der Waals surface area contributed by atoms with Gasteiger partial charge in [0, 0.05) is 36.4 Å². The summed E-state index contributed by atoms with van der Waals surface area (Å²) in [4.78, 5) is 21.4. The first-order valence-corrected chi connectivity index (χ1v) is 8.88. The lowest BCUT2D eigenvalue weighted by Gasteiger charge is -2.17. The molecule has 1 fully saturated rings. The second-order valence-electron chi connectivity index (χ2n) is 6.60. The van der Waals surface area contributed by atoms with Gasteiger partial charge in [-0.05, 0) is 24.3 Å². The predicted octanol–water partition coefficient (Wildman–Crippen LogP) is 3.58. The summed E-state index contributed by atoms with van der Waals surface area (Å²) in [5.74, 6) is -2.22. The number of benzene rings is 1. The maximum absolute atomic E-state index is 13.3. The number of ether oxygens (including phenoxy) is 1. The van der Waals surface area contributed by atoms with Crippen LogP contribution >= 0.6 is 0 Å². The zero-order chi connectivity index (χ0) is 21.3. The van der Waals surface area contributed by atoms with Crippen molar-refractivity contribution >= 4 is 5.91 Å². The monoisotopic (exact) mass is 422 g/mol. The third-order valence-corrected chi connectivity index (χ3v) is 4.45. The SMILES string of the molecule is O=C(c1cccc(F)c1)N1CC[C@H](Oc2ccc(-c3noc(C(F)(F)F)n3)cn2)C1. The topological polar surface area (TPSA) is 81.4 Å². The highest BCUT2D eigenvalue weighted by atomic mass is 19.4. The van der Waals surface area contributed by atoms with Crippen LogP contribution in [0.1, 0.15) is 22.7 Å². The Bertz CT molecular complexity index is 1050.